The van der Waals surface area contributed by atoms with Gasteiger partial charge in [0.25, 0.3) is 0 Å². The van der Waals surface area contributed by atoms with Crippen LogP contribution < -0.4 is 5.32 Å². The zero-order valence-electron chi connectivity index (χ0n) is 13.6. The van der Waals surface area contributed by atoms with E-state index in [-0.39, 0.29) is 32.7 Å². The van der Waals surface area contributed by atoms with E-state index in [0.717, 1.165) is 19.0 Å². The Morgan fingerprint density at radius 3 is 2.05 bits per heavy atom. The van der Waals surface area contributed by atoms with Crippen molar-refractivity contribution < 1.29 is 32.7 Å². The molecule has 0 saturated carbocycles. The summed E-state index contributed by atoms with van der Waals surface area (Å²) in [6, 6.07) is 0. The first-order valence-corrected chi connectivity index (χ1v) is 8.01. The van der Waals surface area contributed by atoms with Crippen molar-refractivity contribution in [1.82, 2.24) is 10.2 Å². The number of piperidine rings is 1. The minimum absolute atomic E-state index is 0. The van der Waals surface area contributed by atoms with Gasteiger partial charge in [-0.05, 0) is 18.9 Å². The van der Waals surface area contributed by atoms with Crippen LogP contribution in [-0.2, 0) is 32.7 Å². The summed E-state index contributed by atoms with van der Waals surface area (Å²) in [5.74, 6) is 0.961. The van der Waals surface area contributed by atoms with Crippen LogP contribution in [0.15, 0.2) is 0 Å². The molecule has 3 nitrogen and oxygen atoms in total. The van der Waals surface area contributed by atoms with Gasteiger partial charge < -0.3 is 15.5 Å². The molecule has 2 aliphatic rings. The molecule has 0 unspecified atom stereocenters. The van der Waals surface area contributed by atoms with E-state index in [2.05, 4.69) is 15.5 Å². The molecule has 0 aromatic heterocycles. The number of piperazine rings is 1. The Labute approximate surface area is 146 Å². The Morgan fingerprint density at radius 2 is 1.53 bits per heavy atom. The van der Waals surface area contributed by atoms with Crippen molar-refractivity contribution in [3.8, 4) is 0 Å². The largest absolute Gasteiger partial charge is 0.662 e. The van der Waals surface area contributed by atoms with E-state index in [0.29, 0.717) is 0 Å². The molecule has 113 valence electrons. The van der Waals surface area contributed by atoms with Crippen molar-refractivity contribution >= 4 is 0 Å². The predicted octanol–water partition coefficient (Wildman–Crippen LogP) is 3.12. The third kappa shape index (κ3) is 11.3. The van der Waals surface area contributed by atoms with Crippen molar-refractivity contribution in [1.29, 1.82) is 0 Å². The Bertz CT molecular complexity index is 137. The SMILES string of the molecule is C1CC(CCN2CCNCC2)CC[N-]1.CC.CC.[Y]. The second-order valence-electron chi connectivity index (χ2n) is 4.49. The van der Waals surface area contributed by atoms with Gasteiger partial charge in [-0.3, -0.25) is 0 Å². The topological polar surface area (TPSA) is 29.4 Å². The standard InChI is InChI=1S/C11H22N3.2C2H6.Y/c1-4-12-5-2-11(1)3-8-14-9-6-13-7-10-14;2*1-2;/h11,13H,1-10H2;2*1-2H3;/q-1;;;. The number of nitrogens with zero attached hydrogens (tertiary/aromatic N) is 2. The molecule has 19 heavy (non-hydrogen) atoms. The summed E-state index contributed by atoms with van der Waals surface area (Å²) < 4.78 is 0. The van der Waals surface area contributed by atoms with E-state index in [1.165, 1.54) is 52.0 Å². The van der Waals surface area contributed by atoms with Crippen LogP contribution >= 0.6 is 0 Å². The molecular weight excluding hydrogens is 311 g/mol. The molecule has 0 aromatic rings. The van der Waals surface area contributed by atoms with Gasteiger partial charge in [-0.1, -0.05) is 40.5 Å². The van der Waals surface area contributed by atoms with Crippen LogP contribution in [0.3, 0.4) is 0 Å². The number of nitrogens with one attached hydrogen (secondary N) is 1. The molecule has 0 spiro atoms. The van der Waals surface area contributed by atoms with Crippen molar-refractivity contribution in [2.24, 2.45) is 5.92 Å². The number of hydrogen-bond donors (Lipinski definition) is 1. The first-order valence-electron chi connectivity index (χ1n) is 8.01. The van der Waals surface area contributed by atoms with Gasteiger partial charge in [0.05, 0.1) is 0 Å². The smallest absolute Gasteiger partial charge is 0.0107 e. The molecule has 2 fully saturated rings. The van der Waals surface area contributed by atoms with Crippen LogP contribution in [0.5, 0.6) is 0 Å². The Hall–Kier alpha value is 0.984. The molecule has 2 heterocycles. The fourth-order valence-corrected chi connectivity index (χ4v) is 2.39. The molecule has 0 amide bonds. The average Bonchev–Trinajstić information content (AvgIpc) is 2.51. The van der Waals surface area contributed by atoms with E-state index in [1.54, 1.807) is 0 Å². The molecule has 0 aromatic carbocycles. The summed E-state index contributed by atoms with van der Waals surface area (Å²) in [6.07, 6.45) is 4.08. The van der Waals surface area contributed by atoms with Gasteiger partial charge >= 0.3 is 0 Å². The predicted molar refractivity (Wildman–Crippen MR) is 82.4 cm³/mol. The zero-order valence-corrected chi connectivity index (χ0v) is 16.5. The van der Waals surface area contributed by atoms with Crippen molar-refractivity contribution in [2.75, 3.05) is 45.8 Å². The summed E-state index contributed by atoms with van der Waals surface area (Å²) in [5.41, 5.74) is 0. The molecule has 2 rings (SSSR count). The molecule has 1 radical (unpaired) electrons. The first kappa shape index (κ1) is 22.3. The molecule has 0 bridgehead atoms. The number of hydrogen-bond acceptors (Lipinski definition) is 2. The normalized spacial score (nSPS) is 20.2. The van der Waals surface area contributed by atoms with Gasteiger partial charge in [0, 0.05) is 58.9 Å². The second-order valence-corrected chi connectivity index (χ2v) is 4.49. The maximum Gasteiger partial charge on any atom is 0.0107 e. The van der Waals surface area contributed by atoms with E-state index >= 15 is 0 Å². The average molecular weight is 345 g/mol. The molecule has 0 aliphatic carbocycles. The zero-order chi connectivity index (χ0) is 13.6. The van der Waals surface area contributed by atoms with Crippen LogP contribution in [-0.4, -0.2) is 50.7 Å². The Kier molecular flexibility index (Phi) is 20.0. The first-order chi connectivity index (χ1) is 8.95. The van der Waals surface area contributed by atoms with E-state index in [4.69, 9.17) is 0 Å². The maximum absolute atomic E-state index is 4.40. The molecule has 2 aliphatic heterocycles. The fourth-order valence-electron chi connectivity index (χ4n) is 2.39. The van der Waals surface area contributed by atoms with Gasteiger partial charge in [-0.15, -0.1) is 13.1 Å². The summed E-state index contributed by atoms with van der Waals surface area (Å²) in [7, 11) is 0. The molecule has 1 N–H and O–H groups in total. The third-order valence-corrected chi connectivity index (χ3v) is 3.45. The summed E-state index contributed by atoms with van der Waals surface area (Å²) >= 11 is 0. The summed E-state index contributed by atoms with van der Waals surface area (Å²) in [4.78, 5) is 2.60. The quantitative estimate of drug-likeness (QED) is 0.852. The van der Waals surface area contributed by atoms with Crippen molar-refractivity contribution in [2.45, 2.75) is 47.0 Å². The minimum Gasteiger partial charge on any atom is -0.662 e. The van der Waals surface area contributed by atoms with Gasteiger partial charge in [0.2, 0.25) is 0 Å². The van der Waals surface area contributed by atoms with Gasteiger partial charge in [0.15, 0.2) is 0 Å². The molecule has 2 saturated heterocycles. The minimum atomic E-state index is 0. The van der Waals surface area contributed by atoms with E-state index in [9.17, 15) is 0 Å². The van der Waals surface area contributed by atoms with Crippen LogP contribution in [0, 0.1) is 5.92 Å². The van der Waals surface area contributed by atoms with Gasteiger partial charge in [-0.25, -0.2) is 0 Å². The summed E-state index contributed by atoms with van der Waals surface area (Å²) in [6.45, 7) is 16.4. The summed E-state index contributed by atoms with van der Waals surface area (Å²) in [5, 5.41) is 7.79. The fraction of sp³-hybridized carbons (Fsp3) is 1.00. The van der Waals surface area contributed by atoms with Crippen LogP contribution in [0.25, 0.3) is 5.32 Å². The van der Waals surface area contributed by atoms with Crippen LogP contribution in [0.2, 0.25) is 0 Å². The van der Waals surface area contributed by atoms with Crippen molar-refractivity contribution in [3.63, 3.8) is 0 Å². The molecular formula is C15H34N3Y-. The maximum atomic E-state index is 4.40. The van der Waals surface area contributed by atoms with Crippen molar-refractivity contribution in [3.05, 3.63) is 5.32 Å². The monoisotopic (exact) mass is 345 g/mol. The van der Waals surface area contributed by atoms with E-state index in [1.807, 2.05) is 27.7 Å². The van der Waals surface area contributed by atoms with Crippen LogP contribution in [0.1, 0.15) is 47.0 Å². The molecule has 4 heteroatoms. The third-order valence-electron chi connectivity index (χ3n) is 3.45. The van der Waals surface area contributed by atoms with Gasteiger partial charge in [0.1, 0.15) is 0 Å². The molecule has 0 atom stereocenters. The second kappa shape index (κ2) is 17.0. The van der Waals surface area contributed by atoms with E-state index < -0.39 is 0 Å². The Morgan fingerprint density at radius 1 is 1.00 bits per heavy atom. The van der Waals surface area contributed by atoms with Gasteiger partial charge in [-0.2, -0.15) is 0 Å². The van der Waals surface area contributed by atoms with Crippen LogP contribution in [0.4, 0.5) is 0 Å². The number of rotatable bonds is 3. The Balaban J connectivity index is 0.